The normalized spacial score (nSPS) is 10.4. The molecule has 0 aromatic heterocycles. The van der Waals surface area contributed by atoms with Gasteiger partial charge in [-0.1, -0.05) is 18.2 Å². The van der Waals surface area contributed by atoms with Crippen LogP contribution in [0.2, 0.25) is 0 Å². The van der Waals surface area contributed by atoms with Crippen molar-refractivity contribution in [2.24, 2.45) is 0 Å². The Balaban J connectivity index is 1.76. The molecule has 30 heavy (non-hydrogen) atoms. The summed E-state index contributed by atoms with van der Waals surface area (Å²) in [5, 5.41) is 5.96. The molecule has 0 bridgehead atoms. The Morgan fingerprint density at radius 3 is 2.47 bits per heavy atom. The number of carbonyl (C=O) groups excluding carboxylic acids is 2. The van der Waals surface area contributed by atoms with E-state index in [9.17, 15) is 9.59 Å². The number of carbonyl (C=O) groups is 2. The van der Waals surface area contributed by atoms with Crippen molar-refractivity contribution >= 4 is 23.2 Å². The summed E-state index contributed by atoms with van der Waals surface area (Å²) >= 11 is 0. The third-order valence-corrected chi connectivity index (χ3v) is 4.35. The van der Waals surface area contributed by atoms with Gasteiger partial charge < -0.3 is 25.0 Å². The highest BCUT2D eigenvalue weighted by molar-refractivity contribution is 5.93. The highest BCUT2D eigenvalue weighted by atomic mass is 16.5. The molecule has 2 aromatic carbocycles. The minimum Gasteiger partial charge on any atom is -0.491 e. The maximum absolute atomic E-state index is 12.2. The first-order chi connectivity index (χ1) is 14.5. The zero-order valence-corrected chi connectivity index (χ0v) is 17.9. The molecule has 0 heterocycles. The number of anilines is 2. The van der Waals surface area contributed by atoms with E-state index in [4.69, 9.17) is 9.47 Å². The van der Waals surface area contributed by atoms with Crippen LogP contribution in [0.15, 0.2) is 48.5 Å². The highest BCUT2D eigenvalue weighted by Gasteiger charge is 2.06. The molecule has 7 nitrogen and oxygen atoms in total. The monoisotopic (exact) mass is 413 g/mol. The van der Waals surface area contributed by atoms with Crippen LogP contribution in [0.1, 0.15) is 18.9 Å². The SMILES string of the molecule is CCOCCOc1cccc(NC(=O)CNc2ccc(CCC(=O)N(C)C)cc2)c1. The van der Waals surface area contributed by atoms with Gasteiger partial charge in [-0.15, -0.1) is 0 Å². The molecule has 0 radical (unpaired) electrons. The molecule has 0 atom stereocenters. The summed E-state index contributed by atoms with van der Waals surface area (Å²) in [6.07, 6.45) is 1.18. The highest BCUT2D eigenvalue weighted by Crippen LogP contribution is 2.17. The number of benzene rings is 2. The fourth-order valence-electron chi connectivity index (χ4n) is 2.68. The zero-order chi connectivity index (χ0) is 21.8. The maximum Gasteiger partial charge on any atom is 0.243 e. The summed E-state index contributed by atoms with van der Waals surface area (Å²) < 4.78 is 10.8. The summed E-state index contributed by atoms with van der Waals surface area (Å²) in [5.41, 5.74) is 2.61. The van der Waals surface area contributed by atoms with Gasteiger partial charge in [0.1, 0.15) is 12.4 Å². The molecule has 7 heteroatoms. The van der Waals surface area contributed by atoms with Gasteiger partial charge in [-0.05, 0) is 43.2 Å². The third-order valence-electron chi connectivity index (χ3n) is 4.35. The molecule has 2 rings (SSSR count). The maximum atomic E-state index is 12.2. The van der Waals surface area contributed by atoms with E-state index in [1.165, 1.54) is 0 Å². The van der Waals surface area contributed by atoms with E-state index in [0.717, 1.165) is 11.3 Å². The largest absolute Gasteiger partial charge is 0.491 e. The summed E-state index contributed by atoms with van der Waals surface area (Å²) in [5.74, 6) is 0.642. The van der Waals surface area contributed by atoms with E-state index in [1.54, 1.807) is 25.1 Å². The van der Waals surface area contributed by atoms with Crippen molar-refractivity contribution in [1.82, 2.24) is 4.90 Å². The molecule has 0 fully saturated rings. The number of hydrogen-bond acceptors (Lipinski definition) is 5. The van der Waals surface area contributed by atoms with Crippen LogP contribution in [0.3, 0.4) is 0 Å². The van der Waals surface area contributed by atoms with E-state index in [-0.39, 0.29) is 18.4 Å². The number of nitrogens with zero attached hydrogens (tertiary/aromatic N) is 1. The molecule has 0 aliphatic carbocycles. The standard InChI is InChI=1S/C23H31N3O4/c1-4-29-14-15-30-21-7-5-6-20(16-21)25-22(27)17-24-19-11-8-18(9-12-19)10-13-23(28)26(2)3/h5-9,11-12,16,24H,4,10,13-15,17H2,1-3H3,(H,25,27). The first-order valence-electron chi connectivity index (χ1n) is 10.1. The van der Waals surface area contributed by atoms with Crippen LogP contribution >= 0.6 is 0 Å². The molecule has 2 aromatic rings. The lowest BCUT2D eigenvalue weighted by atomic mass is 10.1. The second kappa shape index (κ2) is 12.5. The number of amides is 2. The molecule has 0 spiro atoms. The Kier molecular flexibility index (Phi) is 9.67. The van der Waals surface area contributed by atoms with Crippen LogP contribution in [0, 0.1) is 0 Å². The molecule has 2 amide bonds. The van der Waals surface area contributed by atoms with Gasteiger partial charge in [-0.25, -0.2) is 0 Å². The van der Waals surface area contributed by atoms with Crippen molar-refractivity contribution in [3.8, 4) is 5.75 Å². The number of nitrogens with one attached hydrogen (secondary N) is 2. The predicted molar refractivity (Wildman–Crippen MR) is 119 cm³/mol. The Morgan fingerprint density at radius 2 is 1.77 bits per heavy atom. The van der Waals surface area contributed by atoms with Crippen LogP contribution in [0.5, 0.6) is 5.75 Å². The number of hydrogen-bond donors (Lipinski definition) is 2. The van der Waals surface area contributed by atoms with Crippen LogP contribution in [0.4, 0.5) is 11.4 Å². The lowest BCUT2D eigenvalue weighted by molar-refractivity contribution is -0.128. The van der Waals surface area contributed by atoms with Gasteiger partial charge in [0.05, 0.1) is 13.2 Å². The molecule has 0 aliphatic heterocycles. The lowest BCUT2D eigenvalue weighted by Gasteiger charge is -2.11. The van der Waals surface area contributed by atoms with Crippen LogP contribution < -0.4 is 15.4 Å². The minimum atomic E-state index is -0.151. The van der Waals surface area contributed by atoms with Crippen LogP contribution in [-0.4, -0.2) is 57.2 Å². The van der Waals surface area contributed by atoms with Gasteiger partial charge in [0.15, 0.2) is 0 Å². The smallest absolute Gasteiger partial charge is 0.243 e. The zero-order valence-electron chi connectivity index (χ0n) is 17.9. The fourth-order valence-corrected chi connectivity index (χ4v) is 2.68. The number of ether oxygens (including phenoxy) is 2. The number of aryl methyl sites for hydroxylation is 1. The molecule has 0 unspecified atom stereocenters. The molecule has 162 valence electrons. The van der Waals surface area contributed by atoms with Crippen LogP contribution in [0.25, 0.3) is 0 Å². The molecule has 2 N–H and O–H groups in total. The van der Waals surface area contributed by atoms with Gasteiger partial charge in [0.25, 0.3) is 0 Å². The Bertz CT molecular complexity index is 806. The van der Waals surface area contributed by atoms with Gasteiger partial charge in [-0.3, -0.25) is 9.59 Å². The predicted octanol–water partition coefficient (Wildman–Crippen LogP) is 3.17. The average Bonchev–Trinajstić information content (AvgIpc) is 2.74. The second-order valence-corrected chi connectivity index (χ2v) is 6.96. The van der Waals surface area contributed by atoms with Gasteiger partial charge >= 0.3 is 0 Å². The van der Waals surface area contributed by atoms with E-state index >= 15 is 0 Å². The van der Waals surface area contributed by atoms with E-state index < -0.39 is 0 Å². The Morgan fingerprint density at radius 1 is 1.00 bits per heavy atom. The van der Waals surface area contributed by atoms with Crippen molar-refractivity contribution in [2.45, 2.75) is 19.8 Å². The fraction of sp³-hybridized carbons (Fsp3) is 0.391. The first kappa shape index (κ1) is 23.2. The Hall–Kier alpha value is -3.06. The van der Waals surface area contributed by atoms with Crippen LogP contribution in [-0.2, 0) is 20.7 Å². The van der Waals surface area contributed by atoms with Gasteiger partial charge in [0, 0.05) is 44.6 Å². The molecule has 0 saturated carbocycles. The summed E-state index contributed by atoms with van der Waals surface area (Å²) in [4.78, 5) is 25.5. The number of rotatable bonds is 12. The van der Waals surface area contributed by atoms with Crippen molar-refractivity contribution in [3.05, 3.63) is 54.1 Å². The van der Waals surface area contributed by atoms with Crippen molar-refractivity contribution in [2.75, 3.05) is 51.1 Å². The van der Waals surface area contributed by atoms with Gasteiger partial charge in [0.2, 0.25) is 11.8 Å². The Labute approximate surface area is 178 Å². The molecule has 0 aliphatic rings. The van der Waals surface area contributed by atoms with Crippen molar-refractivity contribution in [3.63, 3.8) is 0 Å². The van der Waals surface area contributed by atoms with Gasteiger partial charge in [-0.2, -0.15) is 0 Å². The van der Waals surface area contributed by atoms with E-state index in [2.05, 4.69) is 10.6 Å². The summed E-state index contributed by atoms with van der Waals surface area (Å²) in [7, 11) is 3.51. The van der Waals surface area contributed by atoms with E-state index in [1.807, 2.05) is 49.4 Å². The van der Waals surface area contributed by atoms with Crippen molar-refractivity contribution in [1.29, 1.82) is 0 Å². The summed E-state index contributed by atoms with van der Waals surface area (Å²) in [6, 6.07) is 15.0. The molecule has 0 saturated heterocycles. The summed E-state index contributed by atoms with van der Waals surface area (Å²) in [6.45, 7) is 3.74. The molecular weight excluding hydrogens is 382 g/mol. The third kappa shape index (κ3) is 8.53. The minimum absolute atomic E-state index is 0.109. The quantitative estimate of drug-likeness (QED) is 0.523. The lowest BCUT2D eigenvalue weighted by Crippen LogP contribution is -2.22. The van der Waals surface area contributed by atoms with E-state index in [0.29, 0.717) is 44.1 Å². The average molecular weight is 414 g/mol. The second-order valence-electron chi connectivity index (χ2n) is 6.96. The van der Waals surface area contributed by atoms with Crippen molar-refractivity contribution < 1.29 is 19.1 Å². The topological polar surface area (TPSA) is 79.9 Å². The first-order valence-corrected chi connectivity index (χ1v) is 10.1. The molecular formula is C23H31N3O4.